The van der Waals surface area contributed by atoms with Crippen molar-refractivity contribution in [2.45, 2.75) is 25.4 Å². The summed E-state index contributed by atoms with van der Waals surface area (Å²) in [7, 11) is 1.89. The number of aryl methyl sites for hydroxylation is 2. The first kappa shape index (κ1) is 9.32. The Hall–Kier alpha value is -0.770. The van der Waals surface area contributed by atoms with Crippen molar-refractivity contribution >= 4 is 16.9 Å². The van der Waals surface area contributed by atoms with Crippen molar-refractivity contribution < 1.29 is 4.79 Å². The summed E-state index contributed by atoms with van der Waals surface area (Å²) in [5.74, 6) is 0. The molecule has 0 spiro atoms. The second-order valence-corrected chi connectivity index (χ2v) is 3.63. The van der Waals surface area contributed by atoms with E-state index in [1.165, 1.54) is 11.8 Å². The Morgan fingerprint density at radius 3 is 2.83 bits per heavy atom. The maximum absolute atomic E-state index is 11.1. The van der Waals surface area contributed by atoms with Crippen molar-refractivity contribution in [3.05, 3.63) is 11.9 Å². The zero-order valence-corrected chi connectivity index (χ0v) is 8.31. The van der Waals surface area contributed by atoms with Gasteiger partial charge < -0.3 is 4.57 Å². The van der Waals surface area contributed by atoms with E-state index in [0.29, 0.717) is 6.42 Å². The molecular weight excluding hydrogens is 172 g/mol. The molecule has 0 saturated heterocycles. The van der Waals surface area contributed by atoms with Crippen LogP contribution >= 0.6 is 11.8 Å². The maximum Gasteiger partial charge on any atom is 0.196 e. The summed E-state index contributed by atoms with van der Waals surface area (Å²) in [4.78, 5) is 15.3. The van der Waals surface area contributed by atoms with Crippen molar-refractivity contribution in [1.82, 2.24) is 9.55 Å². The van der Waals surface area contributed by atoms with Gasteiger partial charge in [0.15, 0.2) is 10.3 Å². The first-order valence-electron chi connectivity index (χ1n) is 3.84. The van der Waals surface area contributed by atoms with Crippen LogP contribution in [0.1, 0.15) is 19.0 Å². The fourth-order valence-electron chi connectivity index (χ4n) is 0.863. The number of carbonyl (C=O) groups is 1. The third kappa shape index (κ3) is 2.11. The first-order valence-corrected chi connectivity index (χ1v) is 4.65. The van der Waals surface area contributed by atoms with E-state index < -0.39 is 0 Å². The van der Waals surface area contributed by atoms with Gasteiger partial charge in [-0.3, -0.25) is 4.79 Å². The molecule has 0 radical (unpaired) electrons. The molecule has 0 fully saturated rings. The highest BCUT2D eigenvalue weighted by Gasteiger charge is 2.07. The standard InChI is InChI=1S/C8H12N2OS/c1-4-7(11)12-8-9-6(2)5-10(8)3/h5H,4H2,1-3H3. The molecule has 0 aliphatic carbocycles. The van der Waals surface area contributed by atoms with Crippen LogP contribution in [-0.4, -0.2) is 14.7 Å². The molecular formula is C8H12N2OS. The average molecular weight is 184 g/mol. The van der Waals surface area contributed by atoms with Gasteiger partial charge in [0.1, 0.15) is 0 Å². The quantitative estimate of drug-likeness (QED) is 0.657. The number of nitrogens with zero attached hydrogens (tertiary/aromatic N) is 2. The van der Waals surface area contributed by atoms with Gasteiger partial charge in [-0.05, 0) is 18.7 Å². The summed E-state index contributed by atoms with van der Waals surface area (Å²) in [5, 5.41) is 0.933. The Kier molecular flexibility index (Phi) is 2.92. The van der Waals surface area contributed by atoms with Crippen LogP contribution in [0.25, 0.3) is 0 Å². The van der Waals surface area contributed by atoms with E-state index in [4.69, 9.17) is 0 Å². The van der Waals surface area contributed by atoms with Crippen LogP contribution in [0.4, 0.5) is 0 Å². The highest BCUT2D eigenvalue weighted by atomic mass is 32.2. The van der Waals surface area contributed by atoms with E-state index in [-0.39, 0.29) is 5.12 Å². The predicted octanol–water partition coefficient (Wildman–Crippen LogP) is 1.76. The SMILES string of the molecule is CCC(=O)Sc1nc(C)cn1C. The molecule has 66 valence electrons. The lowest BCUT2D eigenvalue weighted by molar-refractivity contribution is -0.110. The topological polar surface area (TPSA) is 34.9 Å². The molecule has 0 N–H and O–H groups in total. The molecule has 1 aromatic heterocycles. The smallest absolute Gasteiger partial charge is 0.196 e. The van der Waals surface area contributed by atoms with Crippen LogP contribution in [-0.2, 0) is 11.8 Å². The zero-order valence-electron chi connectivity index (χ0n) is 7.50. The van der Waals surface area contributed by atoms with Gasteiger partial charge >= 0.3 is 0 Å². The molecule has 1 heterocycles. The third-order valence-electron chi connectivity index (χ3n) is 1.45. The van der Waals surface area contributed by atoms with Gasteiger partial charge in [0.05, 0.1) is 5.69 Å². The van der Waals surface area contributed by atoms with Gasteiger partial charge in [-0.25, -0.2) is 4.98 Å². The maximum atomic E-state index is 11.1. The predicted molar refractivity (Wildman–Crippen MR) is 49.1 cm³/mol. The lowest BCUT2D eigenvalue weighted by Crippen LogP contribution is -1.93. The fraction of sp³-hybridized carbons (Fsp3) is 0.500. The lowest BCUT2D eigenvalue weighted by atomic mass is 10.6. The number of carbonyl (C=O) groups excluding carboxylic acids is 1. The van der Waals surface area contributed by atoms with Crippen molar-refractivity contribution in [2.24, 2.45) is 7.05 Å². The van der Waals surface area contributed by atoms with Crippen LogP contribution in [0.2, 0.25) is 0 Å². The van der Waals surface area contributed by atoms with Gasteiger partial charge in [0.25, 0.3) is 0 Å². The minimum absolute atomic E-state index is 0.156. The van der Waals surface area contributed by atoms with Crippen LogP contribution in [0.3, 0.4) is 0 Å². The molecule has 0 unspecified atom stereocenters. The molecule has 0 aromatic carbocycles. The van der Waals surface area contributed by atoms with E-state index in [1.54, 1.807) is 0 Å². The third-order valence-corrected chi connectivity index (χ3v) is 2.53. The highest BCUT2D eigenvalue weighted by Crippen LogP contribution is 2.18. The van der Waals surface area contributed by atoms with Gasteiger partial charge in [-0.1, -0.05) is 6.92 Å². The van der Waals surface area contributed by atoms with E-state index in [0.717, 1.165) is 10.9 Å². The zero-order chi connectivity index (χ0) is 9.14. The summed E-state index contributed by atoms with van der Waals surface area (Å²) in [6.45, 7) is 3.77. The molecule has 3 nitrogen and oxygen atoms in total. The number of thioether (sulfide) groups is 1. The van der Waals surface area contributed by atoms with Crippen LogP contribution in [0.15, 0.2) is 11.4 Å². The molecule has 12 heavy (non-hydrogen) atoms. The second kappa shape index (κ2) is 3.76. The van der Waals surface area contributed by atoms with Crippen molar-refractivity contribution in [3.8, 4) is 0 Å². The van der Waals surface area contributed by atoms with Crippen LogP contribution < -0.4 is 0 Å². The van der Waals surface area contributed by atoms with Crippen molar-refractivity contribution in [2.75, 3.05) is 0 Å². The van der Waals surface area contributed by atoms with Gasteiger partial charge in [0, 0.05) is 19.7 Å². The first-order chi connectivity index (χ1) is 5.63. The number of hydrogen-bond donors (Lipinski definition) is 0. The second-order valence-electron chi connectivity index (χ2n) is 2.60. The Labute approximate surface area is 76.2 Å². The average Bonchev–Trinajstić information content (AvgIpc) is 2.30. The number of imidazole rings is 1. The molecule has 1 rings (SSSR count). The normalized spacial score (nSPS) is 10.2. The highest BCUT2D eigenvalue weighted by molar-refractivity contribution is 8.13. The molecule has 0 aliphatic rings. The molecule has 0 bridgehead atoms. The lowest BCUT2D eigenvalue weighted by Gasteiger charge is -1.96. The van der Waals surface area contributed by atoms with Gasteiger partial charge in [0.2, 0.25) is 0 Å². The fourth-order valence-corrected chi connectivity index (χ4v) is 1.60. The van der Waals surface area contributed by atoms with E-state index in [2.05, 4.69) is 4.98 Å². The summed E-state index contributed by atoms with van der Waals surface area (Å²) >= 11 is 1.20. The largest absolute Gasteiger partial charge is 0.328 e. The number of rotatable bonds is 2. The molecule has 0 atom stereocenters. The van der Waals surface area contributed by atoms with Crippen LogP contribution in [0, 0.1) is 6.92 Å². The van der Waals surface area contributed by atoms with Gasteiger partial charge in [-0.15, -0.1) is 0 Å². The Bertz CT molecular complexity index is 293. The number of aromatic nitrogens is 2. The Morgan fingerprint density at radius 2 is 2.42 bits per heavy atom. The van der Waals surface area contributed by atoms with E-state index in [1.807, 2.05) is 31.7 Å². The molecule has 0 amide bonds. The molecule has 4 heteroatoms. The Balaban J connectivity index is 2.75. The van der Waals surface area contributed by atoms with Crippen LogP contribution in [0.5, 0.6) is 0 Å². The minimum atomic E-state index is 0.156. The molecule has 0 aliphatic heterocycles. The monoisotopic (exact) mass is 184 g/mol. The summed E-state index contributed by atoms with van der Waals surface area (Å²) in [5.41, 5.74) is 0.948. The van der Waals surface area contributed by atoms with Crippen molar-refractivity contribution in [1.29, 1.82) is 0 Å². The van der Waals surface area contributed by atoms with Crippen molar-refractivity contribution in [3.63, 3.8) is 0 Å². The van der Waals surface area contributed by atoms with Gasteiger partial charge in [-0.2, -0.15) is 0 Å². The molecule has 0 saturated carbocycles. The van der Waals surface area contributed by atoms with E-state index >= 15 is 0 Å². The number of hydrogen-bond acceptors (Lipinski definition) is 3. The summed E-state index contributed by atoms with van der Waals surface area (Å²) in [6.07, 6.45) is 2.46. The summed E-state index contributed by atoms with van der Waals surface area (Å²) in [6, 6.07) is 0. The minimum Gasteiger partial charge on any atom is -0.328 e. The Morgan fingerprint density at radius 1 is 1.75 bits per heavy atom. The molecule has 1 aromatic rings. The van der Waals surface area contributed by atoms with E-state index in [9.17, 15) is 4.79 Å². The summed E-state index contributed by atoms with van der Waals surface area (Å²) < 4.78 is 1.87.